The van der Waals surface area contributed by atoms with E-state index in [1.165, 1.54) is 77.1 Å². The first kappa shape index (κ1) is 24.0. The van der Waals surface area contributed by atoms with E-state index in [4.69, 9.17) is 9.47 Å². The van der Waals surface area contributed by atoms with Crippen molar-refractivity contribution in [2.75, 3.05) is 13.2 Å². The van der Waals surface area contributed by atoms with Crippen molar-refractivity contribution >= 4 is 10.8 Å². The predicted molar refractivity (Wildman–Crippen MR) is 140 cm³/mol. The average Bonchev–Trinajstić information content (AvgIpc) is 2.83. The van der Waals surface area contributed by atoms with E-state index in [1.807, 2.05) is 0 Å². The fourth-order valence-electron chi connectivity index (χ4n) is 5.20. The SMILES string of the molecule is CCCCCCOC1(OCCCCCC)c2cc(C)ccc2-c2ccc(C)c3cccc1c23. The van der Waals surface area contributed by atoms with Crippen molar-refractivity contribution in [1.29, 1.82) is 0 Å². The molecule has 0 fully saturated rings. The van der Waals surface area contributed by atoms with Crippen LogP contribution in [0.1, 0.15) is 87.5 Å². The van der Waals surface area contributed by atoms with Crippen LogP contribution in [-0.2, 0) is 15.3 Å². The van der Waals surface area contributed by atoms with E-state index in [0.717, 1.165) is 18.4 Å². The third-order valence-electron chi connectivity index (χ3n) is 7.04. The Labute approximate surface area is 200 Å². The first-order valence-corrected chi connectivity index (χ1v) is 13.0. The Hall–Kier alpha value is -2.16. The quantitative estimate of drug-likeness (QED) is 0.205. The molecule has 0 amide bonds. The summed E-state index contributed by atoms with van der Waals surface area (Å²) in [5.74, 6) is -0.847. The zero-order valence-corrected chi connectivity index (χ0v) is 21.0. The largest absolute Gasteiger partial charge is 0.342 e. The number of fused-ring (bicyclic) bond motifs is 2. The molecule has 0 unspecified atom stereocenters. The number of unbranched alkanes of at least 4 members (excludes halogenated alkanes) is 6. The van der Waals surface area contributed by atoms with Gasteiger partial charge in [0.25, 0.3) is 0 Å². The molecule has 0 radical (unpaired) electrons. The Morgan fingerprint density at radius 3 is 2.00 bits per heavy atom. The third-order valence-corrected chi connectivity index (χ3v) is 7.04. The molecule has 2 nitrogen and oxygen atoms in total. The van der Waals surface area contributed by atoms with Crippen LogP contribution >= 0.6 is 0 Å². The van der Waals surface area contributed by atoms with Crippen molar-refractivity contribution in [3.8, 4) is 11.1 Å². The van der Waals surface area contributed by atoms with Crippen LogP contribution < -0.4 is 0 Å². The number of hydrogen-bond acceptors (Lipinski definition) is 2. The van der Waals surface area contributed by atoms with Crippen molar-refractivity contribution in [2.45, 2.75) is 84.8 Å². The van der Waals surface area contributed by atoms with Crippen LogP contribution in [-0.4, -0.2) is 13.2 Å². The maximum absolute atomic E-state index is 6.87. The van der Waals surface area contributed by atoms with E-state index in [0.29, 0.717) is 13.2 Å². The Balaban J connectivity index is 1.84. The molecule has 0 bridgehead atoms. The van der Waals surface area contributed by atoms with Crippen molar-refractivity contribution in [3.63, 3.8) is 0 Å². The third kappa shape index (κ3) is 4.74. The van der Waals surface area contributed by atoms with Gasteiger partial charge in [0.05, 0.1) is 13.2 Å². The Kier molecular flexibility index (Phi) is 7.88. The predicted octanol–water partition coefficient (Wildman–Crippen LogP) is 8.83. The van der Waals surface area contributed by atoms with Gasteiger partial charge in [-0.25, -0.2) is 0 Å². The van der Waals surface area contributed by atoms with Crippen LogP contribution in [0, 0.1) is 13.8 Å². The minimum Gasteiger partial charge on any atom is -0.342 e. The number of ether oxygens (including phenoxy) is 2. The van der Waals surface area contributed by atoms with E-state index in [2.05, 4.69) is 76.2 Å². The molecule has 0 spiro atoms. The van der Waals surface area contributed by atoms with Gasteiger partial charge in [0.15, 0.2) is 0 Å². The summed E-state index contributed by atoms with van der Waals surface area (Å²) in [5.41, 5.74) is 7.41. The molecule has 0 aliphatic heterocycles. The van der Waals surface area contributed by atoms with Gasteiger partial charge in [-0.3, -0.25) is 0 Å². The molecule has 0 saturated heterocycles. The summed E-state index contributed by atoms with van der Waals surface area (Å²) < 4.78 is 13.7. The molecule has 0 atom stereocenters. The van der Waals surface area contributed by atoms with Gasteiger partial charge in [-0.15, -0.1) is 0 Å². The highest BCUT2D eigenvalue weighted by Gasteiger charge is 2.43. The van der Waals surface area contributed by atoms with Gasteiger partial charge in [0.1, 0.15) is 0 Å². The molecular weight excluding hydrogens is 404 g/mol. The summed E-state index contributed by atoms with van der Waals surface area (Å²) in [6.07, 6.45) is 9.48. The highest BCUT2D eigenvalue weighted by molar-refractivity contribution is 6.04. The van der Waals surface area contributed by atoms with Gasteiger partial charge in [-0.05, 0) is 60.2 Å². The topological polar surface area (TPSA) is 18.5 Å². The standard InChI is InChI=1S/C31H40O2/c1-5-7-9-11-20-32-31(33-21-12-10-8-6-2)28-15-13-14-25-24(4)17-19-27(30(25)28)26-18-16-23(3)22-29(26)31/h13-19,22H,5-12,20-21H2,1-4H3. The minimum absolute atomic E-state index is 0.708. The summed E-state index contributed by atoms with van der Waals surface area (Å²) in [4.78, 5) is 0. The average molecular weight is 445 g/mol. The second-order valence-electron chi connectivity index (χ2n) is 9.64. The second-order valence-corrected chi connectivity index (χ2v) is 9.64. The number of hydrogen-bond donors (Lipinski definition) is 0. The molecule has 33 heavy (non-hydrogen) atoms. The van der Waals surface area contributed by atoms with Crippen LogP contribution in [0.2, 0.25) is 0 Å². The van der Waals surface area contributed by atoms with Gasteiger partial charge in [0, 0.05) is 11.1 Å². The van der Waals surface area contributed by atoms with E-state index in [1.54, 1.807) is 0 Å². The molecule has 0 saturated carbocycles. The van der Waals surface area contributed by atoms with E-state index < -0.39 is 5.79 Å². The molecule has 0 heterocycles. The normalized spacial score (nSPS) is 13.9. The molecule has 1 aliphatic rings. The zero-order chi connectivity index (χ0) is 23.3. The number of benzene rings is 3. The van der Waals surface area contributed by atoms with Crippen LogP contribution in [0.15, 0.2) is 48.5 Å². The molecule has 1 aliphatic carbocycles. The van der Waals surface area contributed by atoms with E-state index >= 15 is 0 Å². The first-order valence-electron chi connectivity index (χ1n) is 13.0. The van der Waals surface area contributed by atoms with Crippen LogP contribution in [0.25, 0.3) is 21.9 Å². The molecule has 3 aromatic rings. The summed E-state index contributed by atoms with van der Waals surface area (Å²) in [6, 6.07) is 17.9. The van der Waals surface area contributed by atoms with Crippen LogP contribution in [0.5, 0.6) is 0 Å². The van der Waals surface area contributed by atoms with E-state index in [9.17, 15) is 0 Å². The Morgan fingerprint density at radius 1 is 0.667 bits per heavy atom. The lowest BCUT2D eigenvalue weighted by Crippen LogP contribution is -2.38. The lowest BCUT2D eigenvalue weighted by Gasteiger charge is -2.40. The number of rotatable bonds is 12. The molecule has 0 N–H and O–H groups in total. The fourth-order valence-corrected chi connectivity index (χ4v) is 5.20. The van der Waals surface area contributed by atoms with Crippen molar-refractivity contribution in [1.82, 2.24) is 0 Å². The summed E-state index contributed by atoms with van der Waals surface area (Å²) in [7, 11) is 0. The molecule has 176 valence electrons. The monoisotopic (exact) mass is 444 g/mol. The minimum atomic E-state index is -0.847. The first-order chi connectivity index (χ1) is 16.1. The van der Waals surface area contributed by atoms with Crippen LogP contribution in [0.4, 0.5) is 0 Å². The molecule has 3 aromatic carbocycles. The lowest BCUT2D eigenvalue weighted by atomic mass is 9.78. The lowest BCUT2D eigenvalue weighted by molar-refractivity contribution is -0.218. The van der Waals surface area contributed by atoms with Gasteiger partial charge in [-0.1, -0.05) is 100 Å². The van der Waals surface area contributed by atoms with E-state index in [-0.39, 0.29) is 0 Å². The maximum atomic E-state index is 6.87. The Bertz CT molecular complexity index is 1070. The molecule has 0 aromatic heterocycles. The summed E-state index contributed by atoms with van der Waals surface area (Å²) in [6.45, 7) is 10.3. The highest BCUT2D eigenvalue weighted by Crippen LogP contribution is 2.51. The molecule has 4 rings (SSSR count). The van der Waals surface area contributed by atoms with Crippen LogP contribution in [0.3, 0.4) is 0 Å². The van der Waals surface area contributed by atoms with Gasteiger partial charge in [-0.2, -0.15) is 0 Å². The molecule has 2 heteroatoms. The summed E-state index contributed by atoms with van der Waals surface area (Å²) in [5, 5.41) is 2.58. The zero-order valence-electron chi connectivity index (χ0n) is 21.0. The van der Waals surface area contributed by atoms with Gasteiger partial charge in [0.2, 0.25) is 5.79 Å². The van der Waals surface area contributed by atoms with Gasteiger partial charge < -0.3 is 9.47 Å². The highest BCUT2D eigenvalue weighted by atomic mass is 16.7. The maximum Gasteiger partial charge on any atom is 0.223 e. The van der Waals surface area contributed by atoms with Crippen molar-refractivity contribution < 1.29 is 9.47 Å². The Morgan fingerprint density at radius 2 is 1.33 bits per heavy atom. The van der Waals surface area contributed by atoms with Gasteiger partial charge >= 0.3 is 0 Å². The summed E-state index contributed by atoms with van der Waals surface area (Å²) >= 11 is 0. The smallest absolute Gasteiger partial charge is 0.223 e. The fraction of sp³-hybridized carbons (Fsp3) is 0.484. The van der Waals surface area contributed by atoms with Crippen molar-refractivity contribution in [2.24, 2.45) is 0 Å². The second kappa shape index (κ2) is 10.8. The van der Waals surface area contributed by atoms with Crippen molar-refractivity contribution in [3.05, 3.63) is 70.8 Å². The molecular formula is C31H40O2. The number of aryl methyl sites for hydroxylation is 2.